The number of amides is 2. The van der Waals surface area contributed by atoms with Crippen LogP contribution in [0.15, 0.2) is 152 Å². The van der Waals surface area contributed by atoms with Crippen LogP contribution in [0.4, 0.5) is 56.9 Å². The standard InChI is InChI=1S/C30H27N5O4S.C28H23N5O3S/c1-39-14-12-32-25-26(28(37)27(25)36)35-13-9-18-16-20(6-7-24(18)35)34-30(38)29-23(10-15-40-29)33-17-19-8-11-31-22-5-3-2-4-21(19)22;1-29-23-24(26(35)25(23)34)33-12-9-16-14-18(6-7-22(16)33)32-28(36)27-21(10-13-37-27)31-15-17-8-11-30-20-5-3-2-4-19(17)20/h2-8,10-11,15-16,32-33H,9,12-14,17H2,1H3,(H,34,38);2-8,10-11,13-14,29,31H,9,12,15H2,1H3,(H,32,36). The number of carbonyl (C=O) groups is 2. The molecule has 4 aromatic heterocycles. The lowest BCUT2D eigenvalue weighted by atomic mass is 10.1. The second kappa shape index (κ2) is 21.7. The monoisotopic (exact) mass is 1060 g/mol. The second-order valence-corrected chi connectivity index (χ2v) is 20.2. The maximum atomic E-state index is 13.2. The average molecular weight is 1060 g/mol. The summed E-state index contributed by atoms with van der Waals surface area (Å²) in [5.41, 5.74) is 10.3. The third kappa shape index (κ3) is 9.78. The van der Waals surface area contributed by atoms with E-state index >= 15 is 0 Å². The highest BCUT2D eigenvalue weighted by Crippen LogP contribution is 2.40. The Morgan fingerprint density at radius 1 is 0.584 bits per heavy atom. The number of carbonyl (C=O) groups excluding carboxylic acids is 2. The van der Waals surface area contributed by atoms with Gasteiger partial charge in [0.15, 0.2) is 0 Å². The van der Waals surface area contributed by atoms with Crippen molar-refractivity contribution < 1.29 is 14.3 Å². The molecule has 2 aliphatic rings. The summed E-state index contributed by atoms with van der Waals surface area (Å²) in [5.74, 6) is -0.383. The molecule has 12 rings (SSSR count). The van der Waals surface area contributed by atoms with Crippen LogP contribution in [0, 0.1) is 0 Å². The zero-order valence-electron chi connectivity index (χ0n) is 41.8. The van der Waals surface area contributed by atoms with Crippen LogP contribution in [0.2, 0.25) is 0 Å². The first-order chi connectivity index (χ1) is 37.6. The molecule has 0 saturated heterocycles. The number of aromatic nitrogens is 2. The van der Waals surface area contributed by atoms with Crippen LogP contribution in [0.5, 0.6) is 0 Å². The molecule has 17 nitrogen and oxygen atoms in total. The van der Waals surface area contributed by atoms with Gasteiger partial charge >= 0.3 is 0 Å². The highest BCUT2D eigenvalue weighted by Gasteiger charge is 2.32. The molecule has 0 saturated carbocycles. The third-order valence-corrected chi connectivity index (χ3v) is 15.6. The van der Waals surface area contributed by atoms with Crippen molar-refractivity contribution in [2.45, 2.75) is 25.9 Å². The highest BCUT2D eigenvalue weighted by molar-refractivity contribution is 7.13. The molecule has 10 aromatic rings. The van der Waals surface area contributed by atoms with E-state index in [0.29, 0.717) is 96.1 Å². The number of benzene rings is 4. The van der Waals surface area contributed by atoms with Gasteiger partial charge in [0.25, 0.3) is 33.5 Å². The van der Waals surface area contributed by atoms with Crippen LogP contribution < -0.4 is 63.4 Å². The minimum Gasteiger partial charge on any atom is -0.383 e. The fourth-order valence-corrected chi connectivity index (χ4v) is 11.5. The molecule has 0 fully saturated rings. The van der Waals surface area contributed by atoms with Gasteiger partial charge in [0.1, 0.15) is 32.5 Å². The van der Waals surface area contributed by atoms with Crippen molar-refractivity contribution in [1.29, 1.82) is 0 Å². The molecule has 6 aromatic carbocycles. The van der Waals surface area contributed by atoms with E-state index in [2.05, 4.69) is 41.9 Å². The fourth-order valence-electron chi connectivity index (χ4n) is 10.00. The number of hydrogen-bond donors (Lipinski definition) is 6. The van der Waals surface area contributed by atoms with Gasteiger partial charge in [0, 0.05) is 92.8 Å². The van der Waals surface area contributed by atoms with E-state index in [-0.39, 0.29) is 11.8 Å². The number of thiophene rings is 2. The third-order valence-electron chi connectivity index (χ3n) is 13.8. The Bertz CT molecular complexity index is 4030. The van der Waals surface area contributed by atoms with Crippen molar-refractivity contribution in [2.75, 3.05) is 82.1 Å². The lowest BCUT2D eigenvalue weighted by Crippen LogP contribution is -2.40. The number of nitrogens with zero attached hydrogens (tertiary/aromatic N) is 4. The molecule has 19 heteroatoms. The van der Waals surface area contributed by atoms with Gasteiger partial charge in [-0.3, -0.25) is 38.7 Å². The summed E-state index contributed by atoms with van der Waals surface area (Å²) < 4.78 is 5.03. The number of pyridine rings is 2. The van der Waals surface area contributed by atoms with Gasteiger partial charge in [0.2, 0.25) is 0 Å². The molecule has 386 valence electrons. The molecule has 0 atom stereocenters. The van der Waals surface area contributed by atoms with E-state index in [4.69, 9.17) is 4.74 Å². The smallest absolute Gasteiger partial charge is 0.267 e. The summed E-state index contributed by atoms with van der Waals surface area (Å²) >= 11 is 2.76. The minimum absolute atomic E-state index is 0.188. The Labute approximate surface area is 448 Å². The number of ether oxygens (including phenoxy) is 1. The van der Waals surface area contributed by atoms with Crippen molar-refractivity contribution in [1.82, 2.24) is 9.97 Å². The minimum atomic E-state index is -0.499. The Morgan fingerprint density at radius 3 is 1.56 bits per heavy atom. The lowest BCUT2D eigenvalue weighted by molar-refractivity contribution is 0.102. The Kier molecular flexibility index (Phi) is 14.1. The summed E-state index contributed by atoms with van der Waals surface area (Å²) in [4.78, 5) is 88.7. The molecule has 6 heterocycles. The molecule has 2 amide bonds. The molecule has 77 heavy (non-hydrogen) atoms. The zero-order valence-corrected chi connectivity index (χ0v) is 43.5. The Morgan fingerprint density at radius 2 is 1.06 bits per heavy atom. The lowest BCUT2D eigenvalue weighted by Gasteiger charge is -2.24. The molecule has 6 N–H and O–H groups in total. The number of para-hydroxylation sites is 2. The van der Waals surface area contributed by atoms with Crippen LogP contribution in [0.25, 0.3) is 21.8 Å². The quantitative estimate of drug-likeness (QED) is 0.0371. The van der Waals surface area contributed by atoms with Crippen molar-refractivity contribution >= 4 is 113 Å². The first-order valence-electron chi connectivity index (χ1n) is 24.9. The maximum Gasteiger partial charge on any atom is 0.267 e. The van der Waals surface area contributed by atoms with E-state index in [9.17, 15) is 28.8 Å². The van der Waals surface area contributed by atoms with E-state index in [1.165, 1.54) is 22.7 Å². The van der Waals surface area contributed by atoms with Gasteiger partial charge in [-0.05, 0) is 119 Å². The molecule has 0 bridgehead atoms. The summed E-state index contributed by atoms with van der Waals surface area (Å²) in [5, 5.41) is 24.6. The SMILES string of the molecule is CNc1c(N2CCc3cc(NC(=O)c4sccc4NCc4ccnc5ccccc45)ccc32)c(=O)c1=O.COCCNc1c(N2CCc3cc(NC(=O)c4sccc4NCc4ccnc5ccccc45)ccc32)c(=O)c1=O. The summed E-state index contributed by atoms with van der Waals surface area (Å²) in [6.07, 6.45) is 5.00. The predicted octanol–water partition coefficient (Wildman–Crippen LogP) is 9.00. The maximum absolute atomic E-state index is 13.2. The number of hydrogen-bond acceptors (Lipinski definition) is 17. The fraction of sp³-hybridized carbons (Fsp3) is 0.172. The summed E-state index contributed by atoms with van der Waals surface area (Å²) in [6, 6.07) is 35.0. The number of anilines is 10. The zero-order chi connectivity index (χ0) is 53.2. The van der Waals surface area contributed by atoms with Crippen LogP contribution >= 0.6 is 22.7 Å². The Hall–Kier alpha value is -9.04. The second-order valence-electron chi connectivity index (χ2n) is 18.3. The number of methoxy groups -OCH3 is 1. The number of rotatable bonds is 17. The first kappa shape index (κ1) is 50.1. The molecule has 0 radical (unpaired) electrons. The van der Waals surface area contributed by atoms with Crippen molar-refractivity contribution in [3.63, 3.8) is 0 Å². The van der Waals surface area contributed by atoms with Gasteiger partial charge in [-0.25, -0.2) is 0 Å². The van der Waals surface area contributed by atoms with Crippen molar-refractivity contribution in [3.05, 3.63) is 205 Å². The van der Waals surface area contributed by atoms with Crippen molar-refractivity contribution in [2.24, 2.45) is 0 Å². The highest BCUT2D eigenvalue weighted by atomic mass is 32.1. The molecule has 0 unspecified atom stereocenters. The summed E-state index contributed by atoms with van der Waals surface area (Å²) in [7, 11) is 3.22. The van der Waals surface area contributed by atoms with Crippen LogP contribution in [-0.4, -0.2) is 62.2 Å². The average Bonchev–Trinajstić information content (AvgIpc) is 4.41. The van der Waals surface area contributed by atoms with Gasteiger partial charge < -0.3 is 46.4 Å². The van der Waals surface area contributed by atoms with Gasteiger partial charge in [0.05, 0.1) is 29.0 Å². The normalized spacial score (nSPS) is 12.6. The number of fused-ring (bicyclic) bond motifs is 4. The topological polar surface area (TPSA) is 216 Å². The number of nitrogens with one attached hydrogen (secondary N) is 6. The van der Waals surface area contributed by atoms with Crippen LogP contribution in [-0.2, 0) is 30.7 Å². The van der Waals surface area contributed by atoms with Crippen molar-refractivity contribution in [3.8, 4) is 0 Å². The molecular formula is C58H50N10O7S2. The van der Waals surface area contributed by atoms with E-state index in [0.717, 1.165) is 66.8 Å². The van der Waals surface area contributed by atoms with Gasteiger partial charge in [-0.15, -0.1) is 22.7 Å². The molecule has 0 spiro atoms. The van der Waals surface area contributed by atoms with Crippen LogP contribution in [0.3, 0.4) is 0 Å². The van der Waals surface area contributed by atoms with Gasteiger partial charge in [-0.1, -0.05) is 36.4 Å². The summed E-state index contributed by atoms with van der Waals surface area (Å²) in [6.45, 7) is 3.20. The van der Waals surface area contributed by atoms with E-state index in [1.54, 1.807) is 26.6 Å². The first-order valence-corrected chi connectivity index (χ1v) is 26.6. The largest absolute Gasteiger partial charge is 0.383 e. The molecule has 0 aliphatic carbocycles. The van der Waals surface area contributed by atoms with E-state index in [1.807, 2.05) is 130 Å². The predicted molar refractivity (Wildman–Crippen MR) is 310 cm³/mol. The molecular weight excluding hydrogens is 1010 g/mol. The Balaban J connectivity index is 0.000000164. The molecule has 2 aliphatic heterocycles. The van der Waals surface area contributed by atoms with Gasteiger partial charge in [-0.2, -0.15) is 0 Å². The van der Waals surface area contributed by atoms with E-state index < -0.39 is 21.7 Å². The van der Waals surface area contributed by atoms with Crippen LogP contribution in [0.1, 0.15) is 41.6 Å².